The summed E-state index contributed by atoms with van der Waals surface area (Å²) >= 11 is 0. The maximum absolute atomic E-state index is 12.6. The minimum Gasteiger partial charge on any atom is -0.238 e. The number of allylic oxidation sites excluding steroid dienone is 1. The van der Waals surface area contributed by atoms with Crippen molar-refractivity contribution < 1.29 is 4.39 Å². The third-order valence-electron chi connectivity index (χ3n) is 2.70. The van der Waals surface area contributed by atoms with Crippen molar-refractivity contribution in [3.63, 3.8) is 0 Å². The quantitative estimate of drug-likeness (QED) is 0.639. The molecule has 0 bridgehead atoms. The van der Waals surface area contributed by atoms with Crippen LogP contribution in [0.1, 0.15) is 37.4 Å². The van der Waals surface area contributed by atoms with E-state index in [1.807, 2.05) is 0 Å². The van der Waals surface area contributed by atoms with E-state index in [2.05, 4.69) is 16.5 Å². The highest BCUT2D eigenvalue weighted by Gasteiger charge is 2.19. The van der Waals surface area contributed by atoms with Crippen LogP contribution in [-0.4, -0.2) is 9.97 Å². The number of nitrogens with zero attached hydrogens (tertiary/aromatic N) is 2. The molecule has 0 saturated heterocycles. The van der Waals surface area contributed by atoms with Gasteiger partial charge in [-0.2, -0.15) is 0 Å². The number of halogens is 1. The molecule has 3 heteroatoms. The Morgan fingerprint density at radius 3 is 2.36 bits per heavy atom. The molecule has 1 aromatic rings. The molecule has 0 N–H and O–H groups in total. The van der Waals surface area contributed by atoms with Gasteiger partial charge < -0.3 is 0 Å². The molecule has 0 amide bonds. The minimum absolute atomic E-state index is 0.367. The summed E-state index contributed by atoms with van der Waals surface area (Å²) in [6, 6.07) is 0. The zero-order valence-electron chi connectivity index (χ0n) is 8.04. The third kappa shape index (κ3) is 1.97. The van der Waals surface area contributed by atoms with Crippen LogP contribution in [0.2, 0.25) is 0 Å². The van der Waals surface area contributed by atoms with Gasteiger partial charge in [0.25, 0.3) is 0 Å². The first-order valence-corrected chi connectivity index (χ1v) is 4.90. The Morgan fingerprint density at radius 2 is 1.79 bits per heavy atom. The van der Waals surface area contributed by atoms with E-state index in [0.717, 1.165) is 31.5 Å². The Labute approximate surface area is 82.9 Å². The number of hydrogen-bond donors (Lipinski definition) is 0. The van der Waals surface area contributed by atoms with Crippen molar-refractivity contribution in [3.05, 3.63) is 36.2 Å². The predicted molar refractivity (Wildman–Crippen MR) is 52.3 cm³/mol. The summed E-state index contributed by atoms with van der Waals surface area (Å²) in [4.78, 5) is 8.02. The van der Waals surface area contributed by atoms with Crippen LogP contribution >= 0.6 is 0 Å². The fourth-order valence-corrected chi connectivity index (χ4v) is 1.82. The highest BCUT2D eigenvalue weighted by Crippen LogP contribution is 2.32. The highest BCUT2D eigenvalue weighted by atomic mass is 19.1. The molecule has 1 saturated carbocycles. The van der Waals surface area contributed by atoms with E-state index in [1.54, 1.807) is 0 Å². The Balaban J connectivity index is 2.08. The number of rotatable bonds is 1. The average molecular weight is 192 g/mol. The number of hydrogen-bond acceptors (Lipinski definition) is 2. The zero-order valence-corrected chi connectivity index (χ0v) is 8.04. The second-order valence-corrected chi connectivity index (χ2v) is 3.78. The van der Waals surface area contributed by atoms with Crippen LogP contribution in [0.15, 0.2) is 24.5 Å². The van der Waals surface area contributed by atoms with Gasteiger partial charge >= 0.3 is 0 Å². The Bertz CT molecular complexity index is 322. The zero-order chi connectivity index (χ0) is 9.97. The van der Waals surface area contributed by atoms with Crippen molar-refractivity contribution in [1.82, 2.24) is 9.97 Å². The van der Waals surface area contributed by atoms with Crippen LogP contribution < -0.4 is 0 Å². The Hall–Kier alpha value is -1.25. The maximum Gasteiger partial charge on any atom is 0.159 e. The smallest absolute Gasteiger partial charge is 0.159 e. The molecule has 0 radical (unpaired) electrons. The van der Waals surface area contributed by atoms with Gasteiger partial charge in [-0.15, -0.1) is 0 Å². The van der Waals surface area contributed by atoms with Gasteiger partial charge in [-0.1, -0.05) is 12.2 Å². The van der Waals surface area contributed by atoms with E-state index < -0.39 is 0 Å². The summed E-state index contributed by atoms with van der Waals surface area (Å²) in [6.45, 7) is 3.96. The molecule has 2 nitrogen and oxygen atoms in total. The monoisotopic (exact) mass is 192 g/mol. The fraction of sp³-hybridized carbons (Fsp3) is 0.455. The molecule has 0 unspecified atom stereocenters. The van der Waals surface area contributed by atoms with Crippen molar-refractivity contribution in [2.75, 3.05) is 0 Å². The first kappa shape index (κ1) is 9.31. The van der Waals surface area contributed by atoms with E-state index >= 15 is 0 Å². The lowest BCUT2D eigenvalue weighted by Gasteiger charge is -2.21. The van der Waals surface area contributed by atoms with Crippen molar-refractivity contribution >= 4 is 0 Å². The molecular weight excluding hydrogens is 179 g/mol. The molecule has 0 aromatic carbocycles. The standard InChI is InChI=1S/C11H13FN2/c1-8-2-4-9(5-3-8)11-13-6-10(12)7-14-11/h6-7,9H,1-5H2. The third-order valence-corrected chi connectivity index (χ3v) is 2.70. The van der Waals surface area contributed by atoms with E-state index in [9.17, 15) is 4.39 Å². The topological polar surface area (TPSA) is 25.8 Å². The highest BCUT2D eigenvalue weighted by molar-refractivity contribution is 5.07. The van der Waals surface area contributed by atoms with Gasteiger partial charge in [-0.25, -0.2) is 14.4 Å². The van der Waals surface area contributed by atoms with E-state index in [1.165, 1.54) is 18.0 Å². The summed E-state index contributed by atoms with van der Waals surface area (Å²) < 4.78 is 12.6. The molecule has 1 aliphatic carbocycles. The van der Waals surface area contributed by atoms with Gasteiger partial charge in [-0.3, -0.25) is 0 Å². The molecule has 74 valence electrons. The van der Waals surface area contributed by atoms with E-state index in [-0.39, 0.29) is 5.82 Å². The number of aromatic nitrogens is 2. The lowest BCUT2D eigenvalue weighted by Crippen LogP contribution is -2.09. The van der Waals surface area contributed by atoms with Gasteiger partial charge in [0.1, 0.15) is 5.82 Å². The summed E-state index contributed by atoms with van der Waals surface area (Å²) in [6.07, 6.45) is 6.67. The van der Waals surface area contributed by atoms with Crippen LogP contribution in [0.3, 0.4) is 0 Å². The lowest BCUT2D eigenvalue weighted by atomic mass is 9.86. The summed E-state index contributed by atoms with van der Waals surface area (Å²) in [5, 5.41) is 0. The van der Waals surface area contributed by atoms with Crippen molar-refractivity contribution in [3.8, 4) is 0 Å². The molecule has 14 heavy (non-hydrogen) atoms. The molecule has 2 rings (SSSR count). The second-order valence-electron chi connectivity index (χ2n) is 3.78. The first-order chi connectivity index (χ1) is 6.75. The van der Waals surface area contributed by atoms with Crippen LogP contribution in [0, 0.1) is 5.82 Å². The van der Waals surface area contributed by atoms with Crippen LogP contribution in [0.5, 0.6) is 0 Å². The van der Waals surface area contributed by atoms with Crippen LogP contribution in [0.25, 0.3) is 0 Å². The molecule has 1 heterocycles. The summed E-state index contributed by atoms with van der Waals surface area (Å²) in [7, 11) is 0. The predicted octanol–water partition coefficient (Wildman–Crippen LogP) is 2.83. The molecule has 0 atom stereocenters. The van der Waals surface area contributed by atoms with Crippen molar-refractivity contribution in [1.29, 1.82) is 0 Å². The van der Waals surface area contributed by atoms with Crippen molar-refractivity contribution in [2.45, 2.75) is 31.6 Å². The SMILES string of the molecule is C=C1CCC(c2ncc(F)cn2)CC1. The van der Waals surface area contributed by atoms with Crippen LogP contribution in [0.4, 0.5) is 4.39 Å². The largest absolute Gasteiger partial charge is 0.238 e. The normalized spacial score (nSPS) is 18.5. The maximum atomic E-state index is 12.6. The van der Waals surface area contributed by atoms with Gasteiger partial charge in [0.15, 0.2) is 5.82 Å². The van der Waals surface area contributed by atoms with Gasteiger partial charge in [0.05, 0.1) is 12.4 Å². The van der Waals surface area contributed by atoms with Gasteiger partial charge in [-0.05, 0) is 25.7 Å². The molecule has 0 spiro atoms. The summed E-state index contributed by atoms with van der Waals surface area (Å²) in [5.74, 6) is 0.800. The summed E-state index contributed by atoms with van der Waals surface area (Å²) in [5.41, 5.74) is 1.31. The molecular formula is C11H13FN2. The van der Waals surface area contributed by atoms with Crippen molar-refractivity contribution in [2.24, 2.45) is 0 Å². The van der Waals surface area contributed by atoms with Gasteiger partial charge in [0, 0.05) is 5.92 Å². The van der Waals surface area contributed by atoms with E-state index in [0.29, 0.717) is 5.92 Å². The van der Waals surface area contributed by atoms with Crippen LogP contribution in [-0.2, 0) is 0 Å². The first-order valence-electron chi connectivity index (χ1n) is 4.90. The molecule has 0 aliphatic heterocycles. The second kappa shape index (κ2) is 3.86. The molecule has 1 aliphatic rings. The Morgan fingerprint density at radius 1 is 1.21 bits per heavy atom. The molecule has 1 fully saturated rings. The Kier molecular flexibility index (Phi) is 2.57. The van der Waals surface area contributed by atoms with E-state index in [4.69, 9.17) is 0 Å². The fourth-order valence-electron chi connectivity index (χ4n) is 1.82. The minimum atomic E-state index is -0.367. The van der Waals surface area contributed by atoms with Gasteiger partial charge in [0.2, 0.25) is 0 Å². The lowest BCUT2D eigenvalue weighted by molar-refractivity contribution is 0.490. The average Bonchev–Trinajstić information content (AvgIpc) is 2.21. The molecule has 1 aromatic heterocycles.